The summed E-state index contributed by atoms with van der Waals surface area (Å²) in [4.78, 5) is 11.7. The lowest BCUT2D eigenvalue weighted by Gasteiger charge is -2.16. The van der Waals surface area contributed by atoms with E-state index in [0.717, 1.165) is 18.4 Å². The molecule has 0 atom stereocenters. The molecule has 110 valence electrons. The Morgan fingerprint density at radius 1 is 1.25 bits per heavy atom. The van der Waals surface area contributed by atoms with E-state index in [1.54, 1.807) is 26.8 Å². The van der Waals surface area contributed by atoms with Crippen LogP contribution in [0.2, 0.25) is 0 Å². The zero-order valence-corrected chi connectivity index (χ0v) is 12.6. The van der Waals surface area contributed by atoms with E-state index in [2.05, 4.69) is 5.32 Å². The predicted molar refractivity (Wildman–Crippen MR) is 76.9 cm³/mol. The first-order valence-corrected chi connectivity index (χ1v) is 7.90. The fourth-order valence-corrected chi connectivity index (χ4v) is 3.55. The molecule has 7 heteroatoms. The average Bonchev–Trinajstić information content (AvgIpc) is 3.09. The molecule has 2 amide bonds. The molecule has 0 unspecified atom stereocenters. The van der Waals surface area contributed by atoms with E-state index in [4.69, 9.17) is 5.73 Å². The predicted octanol–water partition coefficient (Wildman–Crippen LogP) is 1.34. The van der Waals surface area contributed by atoms with Gasteiger partial charge in [0.05, 0.1) is 4.90 Å². The van der Waals surface area contributed by atoms with Gasteiger partial charge < -0.3 is 11.1 Å². The minimum atomic E-state index is -3.93. The van der Waals surface area contributed by atoms with Crippen molar-refractivity contribution in [2.75, 3.05) is 5.73 Å². The molecule has 1 fully saturated rings. The molecule has 1 aromatic carbocycles. The molecule has 1 saturated carbocycles. The normalized spacial score (nSPS) is 14.9. The van der Waals surface area contributed by atoms with Crippen molar-refractivity contribution in [2.45, 2.75) is 44.6 Å². The first-order valence-electron chi connectivity index (χ1n) is 6.42. The van der Waals surface area contributed by atoms with Crippen molar-refractivity contribution in [2.24, 2.45) is 0 Å². The van der Waals surface area contributed by atoms with Gasteiger partial charge in [-0.15, -0.1) is 0 Å². The summed E-state index contributed by atoms with van der Waals surface area (Å²) in [5.41, 5.74) is 8.05. The fourth-order valence-electron chi connectivity index (χ4n) is 2.06. The van der Waals surface area contributed by atoms with Crippen LogP contribution in [0.1, 0.15) is 29.5 Å². The van der Waals surface area contributed by atoms with Crippen molar-refractivity contribution in [1.29, 1.82) is 0 Å². The SMILES string of the molecule is Cc1cc(N)c(C)c(S(=O)(=O)NC(=O)NC2CC2)c1C. The monoisotopic (exact) mass is 297 g/mol. The lowest BCUT2D eigenvalue weighted by molar-refractivity contribution is 0.245. The van der Waals surface area contributed by atoms with E-state index >= 15 is 0 Å². The number of urea groups is 1. The zero-order chi connectivity index (χ0) is 15.1. The maximum Gasteiger partial charge on any atom is 0.328 e. The second kappa shape index (κ2) is 4.97. The number of anilines is 1. The highest BCUT2D eigenvalue weighted by Gasteiger charge is 2.28. The molecule has 20 heavy (non-hydrogen) atoms. The Kier molecular flexibility index (Phi) is 3.64. The van der Waals surface area contributed by atoms with Gasteiger partial charge >= 0.3 is 6.03 Å². The molecule has 6 nitrogen and oxygen atoms in total. The Morgan fingerprint density at radius 2 is 1.85 bits per heavy atom. The first kappa shape index (κ1) is 14.6. The van der Waals surface area contributed by atoms with Crippen LogP contribution in [-0.2, 0) is 10.0 Å². The minimum Gasteiger partial charge on any atom is -0.398 e. The smallest absolute Gasteiger partial charge is 0.328 e. The van der Waals surface area contributed by atoms with Gasteiger partial charge in [0.15, 0.2) is 0 Å². The number of carbonyl (C=O) groups is 1. The van der Waals surface area contributed by atoms with Crippen LogP contribution in [0.4, 0.5) is 10.5 Å². The molecule has 0 aliphatic heterocycles. The molecular weight excluding hydrogens is 278 g/mol. The number of hydrogen-bond acceptors (Lipinski definition) is 4. The Hall–Kier alpha value is -1.76. The van der Waals surface area contributed by atoms with Crippen molar-refractivity contribution in [3.8, 4) is 0 Å². The molecule has 0 aromatic heterocycles. The molecular formula is C13H19N3O3S. The van der Waals surface area contributed by atoms with E-state index in [1.165, 1.54) is 0 Å². The van der Waals surface area contributed by atoms with Gasteiger partial charge in [0.1, 0.15) is 0 Å². The maximum atomic E-state index is 12.4. The van der Waals surface area contributed by atoms with Crippen LogP contribution in [0, 0.1) is 20.8 Å². The van der Waals surface area contributed by atoms with Crippen LogP contribution in [0.15, 0.2) is 11.0 Å². The second-order valence-corrected chi connectivity index (χ2v) is 6.83. The number of benzene rings is 1. The number of rotatable bonds is 3. The van der Waals surface area contributed by atoms with E-state index in [1.807, 2.05) is 4.72 Å². The standard InChI is InChI=1S/C13H19N3O3S/c1-7-6-11(14)9(3)12(8(7)2)20(18,19)16-13(17)15-10-4-5-10/h6,10H,4-5,14H2,1-3H3,(H2,15,16,17). The van der Waals surface area contributed by atoms with Crippen LogP contribution >= 0.6 is 0 Å². The Balaban J connectivity index is 2.35. The summed E-state index contributed by atoms with van der Waals surface area (Å²) < 4.78 is 26.8. The van der Waals surface area contributed by atoms with Gasteiger partial charge in [0.2, 0.25) is 0 Å². The Labute approximate surface area is 118 Å². The lowest BCUT2D eigenvalue weighted by atomic mass is 10.1. The second-order valence-electron chi connectivity index (χ2n) is 5.22. The Bertz CT molecular complexity index is 638. The molecule has 0 bridgehead atoms. The number of amides is 2. The van der Waals surface area contributed by atoms with Gasteiger partial charge in [-0.1, -0.05) is 0 Å². The summed E-state index contributed by atoms with van der Waals surface area (Å²) in [6, 6.07) is 1.13. The number of hydrogen-bond donors (Lipinski definition) is 3. The summed E-state index contributed by atoms with van der Waals surface area (Å²) in [6.07, 6.45) is 1.78. The van der Waals surface area contributed by atoms with E-state index in [0.29, 0.717) is 16.8 Å². The minimum absolute atomic E-state index is 0.0842. The molecule has 1 aromatic rings. The zero-order valence-electron chi connectivity index (χ0n) is 11.8. The largest absolute Gasteiger partial charge is 0.398 e. The highest BCUT2D eigenvalue weighted by molar-refractivity contribution is 7.90. The third-order valence-corrected chi connectivity index (χ3v) is 5.09. The number of nitrogen functional groups attached to an aromatic ring is 1. The van der Waals surface area contributed by atoms with Gasteiger partial charge in [-0.25, -0.2) is 17.9 Å². The van der Waals surface area contributed by atoms with Gasteiger partial charge in [0, 0.05) is 11.7 Å². The van der Waals surface area contributed by atoms with Gasteiger partial charge in [-0.3, -0.25) is 0 Å². The maximum absolute atomic E-state index is 12.4. The third-order valence-electron chi connectivity index (χ3n) is 3.49. The van der Waals surface area contributed by atoms with Crippen LogP contribution in [0.3, 0.4) is 0 Å². The molecule has 1 aliphatic rings. The molecule has 4 N–H and O–H groups in total. The number of aryl methyl sites for hydroxylation is 1. The average molecular weight is 297 g/mol. The molecule has 1 aliphatic carbocycles. The van der Waals surface area contributed by atoms with Crippen LogP contribution in [0.5, 0.6) is 0 Å². The number of nitrogens with one attached hydrogen (secondary N) is 2. The molecule has 0 heterocycles. The number of carbonyl (C=O) groups excluding carboxylic acids is 1. The first-order chi connectivity index (χ1) is 9.22. The van der Waals surface area contributed by atoms with Crippen molar-refractivity contribution in [1.82, 2.24) is 10.0 Å². The van der Waals surface area contributed by atoms with Gasteiger partial charge in [-0.2, -0.15) is 0 Å². The topological polar surface area (TPSA) is 101 Å². The summed E-state index contributed by atoms with van der Waals surface area (Å²) in [5.74, 6) is 0. The summed E-state index contributed by atoms with van der Waals surface area (Å²) >= 11 is 0. The van der Waals surface area contributed by atoms with Crippen LogP contribution in [0.25, 0.3) is 0 Å². The quantitative estimate of drug-likeness (QED) is 0.733. The third kappa shape index (κ3) is 2.87. The van der Waals surface area contributed by atoms with Gasteiger partial charge in [0.25, 0.3) is 10.0 Å². The summed E-state index contributed by atoms with van der Waals surface area (Å²) in [5, 5.41) is 2.59. The van der Waals surface area contributed by atoms with Crippen LogP contribution < -0.4 is 15.8 Å². The van der Waals surface area contributed by atoms with E-state index in [9.17, 15) is 13.2 Å². The highest BCUT2D eigenvalue weighted by atomic mass is 32.2. The highest BCUT2D eigenvalue weighted by Crippen LogP contribution is 2.27. The molecule has 2 rings (SSSR count). The number of sulfonamides is 1. The summed E-state index contributed by atoms with van der Waals surface area (Å²) in [6.45, 7) is 5.12. The molecule has 0 spiro atoms. The Morgan fingerprint density at radius 3 is 2.40 bits per heavy atom. The van der Waals surface area contributed by atoms with E-state index < -0.39 is 16.1 Å². The lowest BCUT2D eigenvalue weighted by Crippen LogP contribution is -2.40. The van der Waals surface area contributed by atoms with Crippen molar-refractivity contribution in [3.63, 3.8) is 0 Å². The number of nitrogens with two attached hydrogens (primary N) is 1. The van der Waals surface area contributed by atoms with Gasteiger partial charge in [-0.05, 0) is 56.4 Å². The molecule has 0 radical (unpaired) electrons. The van der Waals surface area contributed by atoms with E-state index in [-0.39, 0.29) is 10.9 Å². The fraction of sp³-hybridized carbons (Fsp3) is 0.462. The summed E-state index contributed by atoms with van der Waals surface area (Å²) in [7, 11) is -3.93. The molecule has 0 saturated heterocycles. The van der Waals surface area contributed by atoms with Crippen molar-refractivity contribution in [3.05, 3.63) is 22.8 Å². The van der Waals surface area contributed by atoms with Crippen LogP contribution in [-0.4, -0.2) is 20.5 Å². The van der Waals surface area contributed by atoms with Crippen molar-refractivity contribution >= 4 is 21.7 Å². The van der Waals surface area contributed by atoms with Crippen molar-refractivity contribution < 1.29 is 13.2 Å².